The van der Waals surface area contributed by atoms with Crippen LogP contribution in [0.15, 0.2) is 66.9 Å². The van der Waals surface area contributed by atoms with Crippen LogP contribution in [0.2, 0.25) is 0 Å². The smallest absolute Gasteiger partial charge is 0.407 e. The monoisotopic (exact) mass is 416 g/mol. The second-order valence-corrected chi connectivity index (χ2v) is 8.63. The van der Waals surface area contributed by atoms with Crippen LogP contribution >= 0.6 is 0 Å². The van der Waals surface area contributed by atoms with Crippen LogP contribution < -0.4 is 10.1 Å². The van der Waals surface area contributed by atoms with Crippen LogP contribution in [0.3, 0.4) is 0 Å². The highest BCUT2D eigenvalue weighted by molar-refractivity contribution is 5.86. The quantitative estimate of drug-likeness (QED) is 0.407. The number of H-pyrrole nitrogens is 1. The van der Waals surface area contributed by atoms with Crippen LogP contribution in [-0.2, 0) is 17.8 Å². The van der Waals surface area contributed by atoms with Crippen molar-refractivity contribution in [3.8, 4) is 5.75 Å². The molecule has 1 aromatic heterocycles. The summed E-state index contributed by atoms with van der Waals surface area (Å²) in [5.41, 5.74) is 2.83. The van der Waals surface area contributed by atoms with E-state index in [1.807, 2.05) is 45.2 Å². The average Bonchev–Trinajstić information content (AvgIpc) is 3.13. The number of carbonyl (C=O) groups is 1. The van der Waals surface area contributed by atoms with Crippen molar-refractivity contribution in [3.05, 3.63) is 78.0 Å². The zero-order chi connectivity index (χ0) is 21.8. The molecule has 0 saturated carbocycles. The molecule has 4 rings (SSSR count). The lowest BCUT2D eigenvalue weighted by molar-refractivity contribution is 0.0528. The largest absolute Gasteiger partial charge is 0.489 e. The number of aromatic amines is 1. The van der Waals surface area contributed by atoms with Crippen molar-refractivity contribution in [2.45, 2.75) is 39.4 Å². The van der Waals surface area contributed by atoms with E-state index >= 15 is 0 Å². The van der Waals surface area contributed by atoms with E-state index in [1.165, 1.54) is 10.8 Å². The number of amides is 1. The Morgan fingerprint density at radius 2 is 1.77 bits per heavy atom. The van der Waals surface area contributed by atoms with Crippen molar-refractivity contribution in [1.29, 1.82) is 0 Å². The zero-order valence-electron chi connectivity index (χ0n) is 18.2. The molecule has 0 spiro atoms. The van der Waals surface area contributed by atoms with Crippen molar-refractivity contribution in [3.63, 3.8) is 0 Å². The summed E-state index contributed by atoms with van der Waals surface area (Å²) in [5.74, 6) is 0.821. The Kier molecular flexibility index (Phi) is 5.85. The fourth-order valence-corrected chi connectivity index (χ4v) is 3.65. The van der Waals surface area contributed by atoms with Crippen molar-refractivity contribution < 1.29 is 14.3 Å². The van der Waals surface area contributed by atoms with E-state index in [9.17, 15) is 4.79 Å². The molecular weight excluding hydrogens is 388 g/mol. The first-order valence-electron chi connectivity index (χ1n) is 10.6. The number of hydrogen-bond acceptors (Lipinski definition) is 3. The maximum Gasteiger partial charge on any atom is 0.407 e. The first-order chi connectivity index (χ1) is 14.9. The molecule has 0 fully saturated rings. The first-order valence-corrected chi connectivity index (χ1v) is 10.6. The summed E-state index contributed by atoms with van der Waals surface area (Å²) in [4.78, 5) is 15.1. The maximum absolute atomic E-state index is 11.9. The molecule has 0 aliphatic rings. The molecule has 0 aliphatic heterocycles. The van der Waals surface area contributed by atoms with Gasteiger partial charge in [0.2, 0.25) is 0 Å². The normalized spacial score (nSPS) is 11.6. The molecule has 4 aromatic rings. The van der Waals surface area contributed by atoms with E-state index in [1.54, 1.807) is 0 Å². The summed E-state index contributed by atoms with van der Waals surface area (Å²) < 4.78 is 11.4. The van der Waals surface area contributed by atoms with Gasteiger partial charge in [0.15, 0.2) is 0 Å². The van der Waals surface area contributed by atoms with Crippen molar-refractivity contribution in [2.75, 3.05) is 6.54 Å². The second kappa shape index (κ2) is 8.72. The molecule has 2 N–H and O–H groups in total. The lowest BCUT2D eigenvalue weighted by Gasteiger charge is -2.19. The minimum Gasteiger partial charge on any atom is -0.489 e. The summed E-state index contributed by atoms with van der Waals surface area (Å²) in [7, 11) is 0. The Morgan fingerprint density at radius 3 is 2.61 bits per heavy atom. The molecule has 5 nitrogen and oxygen atoms in total. The van der Waals surface area contributed by atoms with Crippen LogP contribution in [0.5, 0.6) is 5.75 Å². The number of nitrogens with one attached hydrogen (secondary N) is 2. The minimum atomic E-state index is -0.499. The van der Waals surface area contributed by atoms with Crippen molar-refractivity contribution in [2.24, 2.45) is 0 Å². The minimum absolute atomic E-state index is 0.397. The van der Waals surface area contributed by atoms with Gasteiger partial charge in [-0.3, -0.25) is 0 Å². The predicted molar refractivity (Wildman–Crippen MR) is 125 cm³/mol. The third kappa shape index (κ3) is 5.18. The van der Waals surface area contributed by atoms with Gasteiger partial charge in [-0.2, -0.15) is 0 Å². The highest BCUT2D eigenvalue weighted by atomic mass is 16.6. The van der Waals surface area contributed by atoms with Gasteiger partial charge in [0.05, 0.1) is 0 Å². The van der Waals surface area contributed by atoms with E-state index in [0.29, 0.717) is 19.6 Å². The number of carbonyl (C=O) groups excluding carboxylic acids is 1. The summed E-state index contributed by atoms with van der Waals surface area (Å²) in [6.45, 7) is 6.57. The summed E-state index contributed by atoms with van der Waals surface area (Å²) in [6, 6.07) is 20.7. The Hall–Kier alpha value is -3.47. The Labute approximate surface area is 182 Å². The number of fused-ring (bicyclic) bond motifs is 2. The average molecular weight is 417 g/mol. The molecule has 0 bridgehead atoms. The number of benzene rings is 3. The van der Waals surface area contributed by atoms with E-state index in [2.05, 4.69) is 52.8 Å². The van der Waals surface area contributed by atoms with Gasteiger partial charge in [0.25, 0.3) is 0 Å². The Morgan fingerprint density at radius 1 is 0.968 bits per heavy atom. The lowest BCUT2D eigenvalue weighted by atomic mass is 10.1. The first kappa shape index (κ1) is 20.8. The summed E-state index contributed by atoms with van der Waals surface area (Å²) in [6.07, 6.45) is 2.29. The molecule has 0 unspecified atom stereocenters. The van der Waals surface area contributed by atoms with Gasteiger partial charge in [-0.1, -0.05) is 42.5 Å². The molecule has 1 amide bonds. The Bertz CT molecular complexity index is 1200. The molecular formula is C26H28N2O3. The SMILES string of the molecule is CC(C)(C)OC(=O)NCCc1c[nH]c2ccc(OCc3cccc4ccccc34)cc12. The summed E-state index contributed by atoms with van der Waals surface area (Å²) >= 11 is 0. The standard InChI is InChI=1S/C26H28N2O3/c1-26(2,3)31-25(29)27-14-13-19-16-28-24-12-11-21(15-23(19)24)30-17-20-9-6-8-18-7-4-5-10-22(18)20/h4-12,15-16,28H,13-14,17H2,1-3H3,(H,27,29). The Balaban J connectivity index is 1.42. The molecule has 160 valence electrons. The molecule has 0 radical (unpaired) electrons. The van der Waals surface area contributed by atoms with Gasteiger partial charge >= 0.3 is 6.09 Å². The maximum atomic E-state index is 11.9. The predicted octanol–water partition coefficient (Wildman–Crippen LogP) is 5.97. The van der Waals surface area contributed by atoms with Gasteiger partial charge in [-0.25, -0.2) is 4.79 Å². The summed E-state index contributed by atoms with van der Waals surface area (Å²) in [5, 5.41) is 6.33. The van der Waals surface area contributed by atoms with E-state index in [0.717, 1.165) is 27.8 Å². The van der Waals surface area contributed by atoms with E-state index in [-0.39, 0.29) is 0 Å². The van der Waals surface area contributed by atoms with E-state index in [4.69, 9.17) is 9.47 Å². The topological polar surface area (TPSA) is 63.3 Å². The molecule has 3 aromatic carbocycles. The highest BCUT2D eigenvalue weighted by Crippen LogP contribution is 2.26. The number of hydrogen-bond donors (Lipinski definition) is 2. The van der Waals surface area contributed by atoms with Crippen LogP contribution in [0.4, 0.5) is 4.79 Å². The third-order valence-corrected chi connectivity index (χ3v) is 5.08. The van der Waals surface area contributed by atoms with Gasteiger partial charge < -0.3 is 19.8 Å². The van der Waals surface area contributed by atoms with Crippen molar-refractivity contribution >= 4 is 27.8 Å². The van der Waals surface area contributed by atoms with Crippen LogP contribution in [0, 0.1) is 0 Å². The molecule has 1 heterocycles. The third-order valence-electron chi connectivity index (χ3n) is 5.08. The molecule has 0 atom stereocenters. The van der Waals surface area contributed by atoms with Crippen LogP contribution in [-0.4, -0.2) is 23.2 Å². The number of rotatable bonds is 6. The second-order valence-electron chi connectivity index (χ2n) is 8.63. The molecule has 5 heteroatoms. The highest BCUT2D eigenvalue weighted by Gasteiger charge is 2.15. The van der Waals surface area contributed by atoms with Gasteiger partial charge in [-0.05, 0) is 67.3 Å². The van der Waals surface area contributed by atoms with Crippen LogP contribution in [0.1, 0.15) is 31.9 Å². The van der Waals surface area contributed by atoms with Gasteiger partial charge in [0.1, 0.15) is 18.0 Å². The number of ether oxygens (including phenoxy) is 2. The fraction of sp³-hybridized carbons (Fsp3) is 0.269. The molecule has 0 saturated heterocycles. The number of alkyl carbamates (subject to hydrolysis) is 1. The fourth-order valence-electron chi connectivity index (χ4n) is 3.65. The lowest BCUT2D eigenvalue weighted by Crippen LogP contribution is -2.33. The zero-order valence-corrected chi connectivity index (χ0v) is 18.2. The number of aromatic nitrogens is 1. The van der Waals surface area contributed by atoms with Crippen LogP contribution in [0.25, 0.3) is 21.7 Å². The molecule has 31 heavy (non-hydrogen) atoms. The van der Waals surface area contributed by atoms with E-state index < -0.39 is 11.7 Å². The van der Waals surface area contributed by atoms with Crippen molar-refractivity contribution in [1.82, 2.24) is 10.3 Å². The molecule has 0 aliphatic carbocycles. The van der Waals surface area contributed by atoms with Gasteiger partial charge in [0, 0.05) is 23.6 Å². The van der Waals surface area contributed by atoms with Gasteiger partial charge in [-0.15, -0.1) is 0 Å².